The molecule has 0 aliphatic carbocycles. The minimum atomic E-state index is -0.594. The molecule has 1 N–H and O–H groups in total. The topological polar surface area (TPSA) is 43.3 Å². The molecule has 148 valence electrons. The molecule has 0 aliphatic rings. The minimum absolute atomic E-state index is 0.163. The van der Waals surface area contributed by atoms with Crippen LogP contribution < -0.4 is 10.1 Å². The fourth-order valence-electron chi connectivity index (χ4n) is 3.79. The summed E-state index contributed by atoms with van der Waals surface area (Å²) in [5, 5.41) is 5.34. The number of benzene rings is 3. The average molecular weight is 386 g/mol. The molecule has 3 aromatic carbocycles. The van der Waals surface area contributed by atoms with E-state index in [9.17, 15) is 4.79 Å². The normalized spacial score (nSPS) is 12.3. The maximum Gasteiger partial charge on any atom is 0.265 e. The smallest absolute Gasteiger partial charge is 0.265 e. The van der Waals surface area contributed by atoms with Crippen molar-refractivity contribution in [3.8, 4) is 5.75 Å². The van der Waals surface area contributed by atoms with Crippen LogP contribution >= 0.6 is 0 Å². The minimum Gasteiger partial charge on any atom is -0.481 e. The summed E-state index contributed by atoms with van der Waals surface area (Å²) in [5.41, 5.74) is 5.28. The first kappa shape index (κ1) is 19.1. The Hall–Kier alpha value is -3.27. The van der Waals surface area contributed by atoms with Crippen LogP contribution in [0.1, 0.15) is 25.0 Å². The van der Waals surface area contributed by atoms with E-state index in [2.05, 4.69) is 41.1 Å². The number of nitrogens with one attached hydrogen (secondary N) is 1. The van der Waals surface area contributed by atoms with Gasteiger partial charge in [0, 0.05) is 34.0 Å². The molecule has 1 amide bonds. The molecular formula is C25H26N2O2. The number of ether oxygens (including phenoxy) is 1. The molecule has 0 unspecified atom stereocenters. The lowest BCUT2D eigenvalue weighted by Gasteiger charge is -2.17. The summed E-state index contributed by atoms with van der Waals surface area (Å²) in [7, 11) is 0. The molecule has 0 saturated heterocycles. The third kappa shape index (κ3) is 3.58. The van der Waals surface area contributed by atoms with Crippen molar-refractivity contribution in [1.29, 1.82) is 0 Å². The van der Waals surface area contributed by atoms with Gasteiger partial charge in [0.25, 0.3) is 5.91 Å². The number of carbonyl (C=O) groups is 1. The summed E-state index contributed by atoms with van der Waals surface area (Å²) in [6.07, 6.45) is -0.594. The number of para-hydroxylation sites is 1. The number of rotatable bonds is 5. The molecule has 4 heteroatoms. The number of aromatic nitrogens is 1. The number of hydrogen-bond acceptors (Lipinski definition) is 2. The highest BCUT2D eigenvalue weighted by Gasteiger charge is 2.17. The molecule has 4 aromatic rings. The average Bonchev–Trinajstić information content (AvgIpc) is 3.03. The van der Waals surface area contributed by atoms with E-state index >= 15 is 0 Å². The molecule has 0 radical (unpaired) electrons. The Bertz CT molecular complexity index is 1210. The molecule has 1 heterocycles. The summed E-state index contributed by atoms with van der Waals surface area (Å²) in [6.45, 7) is 8.82. The number of carbonyl (C=O) groups excluding carboxylic acids is 1. The van der Waals surface area contributed by atoms with Gasteiger partial charge in [-0.05, 0) is 69.2 Å². The second-order valence-electron chi connectivity index (χ2n) is 7.51. The Morgan fingerprint density at radius 3 is 2.55 bits per heavy atom. The van der Waals surface area contributed by atoms with E-state index < -0.39 is 6.10 Å². The molecule has 29 heavy (non-hydrogen) atoms. The van der Waals surface area contributed by atoms with Crippen molar-refractivity contribution in [3.05, 3.63) is 71.8 Å². The Balaban J connectivity index is 1.59. The van der Waals surface area contributed by atoms with Crippen molar-refractivity contribution in [2.24, 2.45) is 0 Å². The number of aryl methyl sites for hydroxylation is 3. The molecule has 0 bridgehead atoms. The highest BCUT2D eigenvalue weighted by molar-refractivity contribution is 6.10. The van der Waals surface area contributed by atoms with Gasteiger partial charge in [-0.3, -0.25) is 4.79 Å². The summed E-state index contributed by atoms with van der Waals surface area (Å²) in [6, 6.07) is 20.5. The van der Waals surface area contributed by atoms with Crippen LogP contribution in [-0.2, 0) is 11.3 Å². The Morgan fingerprint density at radius 2 is 1.76 bits per heavy atom. The monoisotopic (exact) mass is 386 g/mol. The molecule has 0 saturated carbocycles. The van der Waals surface area contributed by atoms with E-state index in [0.29, 0.717) is 0 Å². The lowest BCUT2D eigenvalue weighted by Crippen LogP contribution is -2.30. The third-order valence-corrected chi connectivity index (χ3v) is 5.37. The maximum absolute atomic E-state index is 12.7. The molecule has 1 aromatic heterocycles. The van der Waals surface area contributed by atoms with Crippen LogP contribution in [0.2, 0.25) is 0 Å². The summed E-state index contributed by atoms with van der Waals surface area (Å²) < 4.78 is 8.22. The fourth-order valence-corrected chi connectivity index (χ4v) is 3.79. The van der Waals surface area contributed by atoms with Gasteiger partial charge in [0.15, 0.2) is 6.10 Å². The van der Waals surface area contributed by atoms with E-state index in [1.165, 1.54) is 16.4 Å². The molecule has 0 spiro atoms. The summed E-state index contributed by atoms with van der Waals surface area (Å²) in [4.78, 5) is 12.7. The molecule has 0 aliphatic heterocycles. The zero-order valence-corrected chi connectivity index (χ0v) is 17.3. The fraction of sp³-hybridized carbons (Fsp3) is 0.240. The van der Waals surface area contributed by atoms with Gasteiger partial charge in [-0.1, -0.05) is 30.3 Å². The third-order valence-electron chi connectivity index (χ3n) is 5.37. The van der Waals surface area contributed by atoms with Gasteiger partial charge in [-0.2, -0.15) is 0 Å². The van der Waals surface area contributed by atoms with E-state index in [4.69, 9.17) is 4.74 Å². The van der Waals surface area contributed by atoms with Gasteiger partial charge in [0.1, 0.15) is 5.75 Å². The van der Waals surface area contributed by atoms with Gasteiger partial charge < -0.3 is 14.6 Å². The SMILES string of the molecule is CCn1c2ccccc2c2cc(NC(=O)[C@H](C)Oc3cc(C)ccc3C)ccc21. The van der Waals surface area contributed by atoms with Crippen molar-refractivity contribution in [1.82, 2.24) is 4.57 Å². The van der Waals surface area contributed by atoms with Crippen LogP contribution in [0, 0.1) is 13.8 Å². The lowest BCUT2D eigenvalue weighted by molar-refractivity contribution is -0.122. The van der Waals surface area contributed by atoms with E-state index in [0.717, 1.165) is 34.5 Å². The van der Waals surface area contributed by atoms with Crippen molar-refractivity contribution < 1.29 is 9.53 Å². The predicted octanol–water partition coefficient (Wildman–Crippen LogP) is 5.84. The highest BCUT2D eigenvalue weighted by Crippen LogP contribution is 2.31. The number of hydrogen-bond donors (Lipinski definition) is 1. The Labute approximate surface area is 171 Å². The predicted molar refractivity (Wildman–Crippen MR) is 120 cm³/mol. The van der Waals surface area contributed by atoms with Crippen LogP contribution in [0.4, 0.5) is 5.69 Å². The largest absolute Gasteiger partial charge is 0.481 e. The zero-order valence-electron chi connectivity index (χ0n) is 17.3. The molecule has 0 fully saturated rings. The van der Waals surface area contributed by atoms with Crippen LogP contribution in [-0.4, -0.2) is 16.6 Å². The molecule has 1 atom stereocenters. The Morgan fingerprint density at radius 1 is 1.00 bits per heavy atom. The van der Waals surface area contributed by atoms with Gasteiger partial charge in [0.05, 0.1) is 0 Å². The van der Waals surface area contributed by atoms with Crippen LogP contribution in [0.3, 0.4) is 0 Å². The Kier molecular flexibility index (Phi) is 5.01. The van der Waals surface area contributed by atoms with Crippen LogP contribution in [0.5, 0.6) is 5.75 Å². The molecule has 4 rings (SSSR count). The standard InChI is InChI=1S/C25H26N2O2/c1-5-27-22-9-7-6-8-20(22)21-15-19(12-13-23(21)27)26-25(28)18(4)29-24-14-16(2)10-11-17(24)3/h6-15,18H,5H2,1-4H3,(H,26,28)/t18-/m0/s1. The number of amides is 1. The van der Waals surface area contributed by atoms with Crippen molar-refractivity contribution in [2.45, 2.75) is 40.3 Å². The van der Waals surface area contributed by atoms with Crippen molar-refractivity contribution >= 4 is 33.4 Å². The van der Waals surface area contributed by atoms with E-state index in [-0.39, 0.29) is 5.91 Å². The second kappa shape index (κ2) is 7.63. The van der Waals surface area contributed by atoms with Crippen molar-refractivity contribution in [2.75, 3.05) is 5.32 Å². The number of anilines is 1. The zero-order chi connectivity index (χ0) is 20.5. The molecular weight excluding hydrogens is 360 g/mol. The highest BCUT2D eigenvalue weighted by atomic mass is 16.5. The first-order valence-electron chi connectivity index (χ1n) is 10.0. The van der Waals surface area contributed by atoms with Gasteiger partial charge >= 0.3 is 0 Å². The van der Waals surface area contributed by atoms with Gasteiger partial charge in [0.2, 0.25) is 0 Å². The van der Waals surface area contributed by atoms with Gasteiger partial charge in [-0.15, -0.1) is 0 Å². The first-order valence-corrected chi connectivity index (χ1v) is 10.0. The van der Waals surface area contributed by atoms with E-state index in [1.54, 1.807) is 6.92 Å². The summed E-state index contributed by atoms with van der Waals surface area (Å²) >= 11 is 0. The lowest BCUT2D eigenvalue weighted by atomic mass is 10.1. The summed E-state index contributed by atoms with van der Waals surface area (Å²) in [5.74, 6) is 0.582. The second-order valence-corrected chi connectivity index (χ2v) is 7.51. The van der Waals surface area contributed by atoms with Gasteiger partial charge in [-0.25, -0.2) is 0 Å². The molecule has 4 nitrogen and oxygen atoms in total. The van der Waals surface area contributed by atoms with Crippen LogP contribution in [0.15, 0.2) is 60.7 Å². The first-order chi connectivity index (χ1) is 14.0. The number of nitrogens with zero attached hydrogens (tertiary/aromatic N) is 1. The van der Waals surface area contributed by atoms with Crippen molar-refractivity contribution in [3.63, 3.8) is 0 Å². The quantitative estimate of drug-likeness (QED) is 0.468. The van der Waals surface area contributed by atoms with Crippen LogP contribution in [0.25, 0.3) is 21.8 Å². The number of fused-ring (bicyclic) bond motifs is 3. The van der Waals surface area contributed by atoms with E-state index in [1.807, 2.05) is 50.2 Å². The maximum atomic E-state index is 12.7.